The molecule has 2 aliphatic rings. The van der Waals surface area contributed by atoms with Gasteiger partial charge in [-0.3, -0.25) is 9.78 Å². The van der Waals surface area contributed by atoms with Crippen LogP contribution in [0.2, 0.25) is 0 Å². The summed E-state index contributed by atoms with van der Waals surface area (Å²) in [6.45, 7) is 2.43. The van der Waals surface area contributed by atoms with Crippen LogP contribution < -0.4 is 4.72 Å². The highest BCUT2D eigenvalue weighted by Crippen LogP contribution is 2.46. The summed E-state index contributed by atoms with van der Waals surface area (Å²) >= 11 is 0. The van der Waals surface area contributed by atoms with Gasteiger partial charge in [-0.2, -0.15) is 4.72 Å². The number of aromatic nitrogens is 1. The third-order valence-electron chi connectivity index (χ3n) is 5.47. The van der Waals surface area contributed by atoms with Gasteiger partial charge in [0.15, 0.2) is 15.2 Å². The zero-order valence-corrected chi connectivity index (χ0v) is 16.9. The summed E-state index contributed by atoms with van der Waals surface area (Å²) in [6, 6.07) is 4.57. The Morgan fingerprint density at radius 3 is 2.55 bits per heavy atom. The number of para-hydroxylation sites is 1. The summed E-state index contributed by atoms with van der Waals surface area (Å²) < 4.78 is 52.0. The lowest BCUT2D eigenvalue weighted by Crippen LogP contribution is -2.71. The van der Waals surface area contributed by atoms with E-state index < -0.39 is 53.9 Å². The molecule has 0 radical (unpaired) electrons. The fraction of sp³-hybridized carbons (Fsp3) is 0.353. The number of carbonyl (C=O) groups is 2. The molecule has 10 nitrogen and oxygen atoms in total. The van der Waals surface area contributed by atoms with Crippen molar-refractivity contribution in [1.29, 1.82) is 0 Å². The van der Waals surface area contributed by atoms with E-state index in [2.05, 4.69) is 9.71 Å². The average Bonchev–Trinajstić information content (AvgIpc) is 2.79. The van der Waals surface area contributed by atoms with Gasteiger partial charge in [-0.15, -0.1) is 0 Å². The summed E-state index contributed by atoms with van der Waals surface area (Å²) in [5, 5.41) is 8.40. The number of benzene rings is 1. The second kappa shape index (κ2) is 5.97. The van der Waals surface area contributed by atoms with E-state index in [9.17, 15) is 31.5 Å². The minimum absolute atomic E-state index is 0.171. The monoisotopic (exact) mass is 439 g/mol. The van der Waals surface area contributed by atoms with Crippen molar-refractivity contribution in [2.45, 2.75) is 40.9 Å². The quantitative estimate of drug-likeness (QED) is 0.617. The summed E-state index contributed by atoms with van der Waals surface area (Å²) in [5.41, 5.74) is 0.171. The van der Waals surface area contributed by atoms with Gasteiger partial charge < -0.3 is 10.0 Å². The first-order valence-electron chi connectivity index (χ1n) is 8.56. The van der Waals surface area contributed by atoms with E-state index in [4.69, 9.17) is 0 Å². The van der Waals surface area contributed by atoms with Crippen molar-refractivity contribution in [2.75, 3.05) is 0 Å². The summed E-state index contributed by atoms with van der Waals surface area (Å²) in [5.74, 6) is -2.36. The molecule has 154 valence electrons. The van der Waals surface area contributed by atoms with Crippen molar-refractivity contribution in [3.8, 4) is 0 Å². The minimum Gasteiger partial charge on any atom is -0.480 e. The Labute approximate surface area is 166 Å². The lowest BCUT2D eigenvalue weighted by atomic mass is 9.96. The van der Waals surface area contributed by atoms with Crippen molar-refractivity contribution < 1.29 is 31.5 Å². The topological polar surface area (TPSA) is 151 Å². The van der Waals surface area contributed by atoms with Crippen LogP contribution in [0.15, 0.2) is 41.4 Å². The normalized spacial score (nSPS) is 27.4. The van der Waals surface area contributed by atoms with Crippen LogP contribution in [0.3, 0.4) is 0 Å². The standard InChI is InChI=1S/C17H17N3O7S2/c1-17(2)13(16(22)23)20-14(21)12(15(20)28(17,24)25)19-29(26,27)10-7-3-5-9-6-4-8-18-11(9)10/h3-8,12-13,15,19H,1-2H3,(H,22,23)/t12-,13+,15-/m1/s1. The molecule has 2 N–H and O–H groups in total. The first kappa shape index (κ1) is 19.7. The van der Waals surface area contributed by atoms with Gasteiger partial charge in [0.2, 0.25) is 15.9 Å². The number of aliphatic carboxylic acids is 1. The van der Waals surface area contributed by atoms with Crippen LogP contribution in [-0.2, 0) is 29.4 Å². The number of fused-ring (bicyclic) bond motifs is 2. The Balaban J connectivity index is 1.74. The largest absolute Gasteiger partial charge is 0.480 e. The number of hydrogen-bond donors (Lipinski definition) is 2. The van der Waals surface area contributed by atoms with E-state index in [1.165, 1.54) is 32.2 Å². The molecule has 2 aliphatic heterocycles. The number of carboxylic acid groups (broad SMARTS) is 1. The Hall–Kier alpha value is -2.57. The maximum Gasteiger partial charge on any atom is 0.328 e. The number of carbonyl (C=O) groups excluding carboxylic acids is 1. The first-order valence-corrected chi connectivity index (χ1v) is 11.6. The van der Waals surface area contributed by atoms with Crippen molar-refractivity contribution in [3.63, 3.8) is 0 Å². The van der Waals surface area contributed by atoms with Crippen molar-refractivity contribution >= 4 is 42.6 Å². The third kappa shape index (κ3) is 2.52. The molecule has 2 fully saturated rings. The Morgan fingerprint density at radius 1 is 1.24 bits per heavy atom. The molecule has 2 aromatic rings. The molecule has 1 aromatic heterocycles. The molecule has 2 saturated heterocycles. The lowest BCUT2D eigenvalue weighted by Gasteiger charge is -2.42. The molecule has 0 spiro atoms. The second-order valence-corrected chi connectivity index (χ2v) is 11.8. The van der Waals surface area contributed by atoms with Crippen molar-refractivity contribution in [1.82, 2.24) is 14.6 Å². The number of β-lactam (4-membered cyclic amide) rings is 1. The van der Waals surface area contributed by atoms with E-state index in [-0.39, 0.29) is 10.4 Å². The van der Waals surface area contributed by atoms with Crippen LogP contribution in [0.1, 0.15) is 13.8 Å². The highest BCUT2D eigenvalue weighted by molar-refractivity contribution is 7.94. The summed E-state index contributed by atoms with van der Waals surface area (Å²) in [4.78, 5) is 28.7. The molecule has 0 saturated carbocycles. The average molecular weight is 439 g/mol. The predicted octanol–water partition coefficient (Wildman–Crippen LogP) is -0.290. The van der Waals surface area contributed by atoms with Gasteiger partial charge in [0.1, 0.15) is 21.7 Å². The van der Waals surface area contributed by atoms with Crippen LogP contribution in [0.25, 0.3) is 10.9 Å². The molecular formula is C17H17N3O7S2. The minimum atomic E-state index is -4.32. The molecule has 1 aromatic carbocycles. The highest BCUT2D eigenvalue weighted by atomic mass is 32.2. The van der Waals surface area contributed by atoms with Crippen molar-refractivity contribution in [2.24, 2.45) is 0 Å². The van der Waals surface area contributed by atoms with Gasteiger partial charge in [0.05, 0.1) is 5.52 Å². The van der Waals surface area contributed by atoms with Gasteiger partial charge in [0.25, 0.3) is 0 Å². The number of carboxylic acids is 1. The third-order valence-corrected chi connectivity index (χ3v) is 9.77. The summed E-state index contributed by atoms with van der Waals surface area (Å²) in [6.07, 6.45) is 1.42. The van der Waals surface area contributed by atoms with E-state index >= 15 is 0 Å². The highest BCUT2D eigenvalue weighted by Gasteiger charge is 2.72. The molecular weight excluding hydrogens is 422 g/mol. The molecule has 29 heavy (non-hydrogen) atoms. The predicted molar refractivity (Wildman–Crippen MR) is 101 cm³/mol. The van der Waals surface area contributed by atoms with Crippen LogP contribution >= 0.6 is 0 Å². The second-order valence-electron chi connectivity index (χ2n) is 7.46. The molecule has 3 atom stereocenters. The van der Waals surface area contributed by atoms with E-state index in [1.807, 2.05) is 0 Å². The fourth-order valence-electron chi connectivity index (χ4n) is 3.94. The molecule has 4 rings (SSSR count). The number of nitrogens with zero attached hydrogens (tertiary/aromatic N) is 2. The van der Waals surface area contributed by atoms with Crippen LogP contribution in [-0.4, -0.2) is 65.9 Å². The van der Waals surface area contributed by atoms with Crippen molar-refractivity contribution in [3.05, 3.63) is 36.5 Å². The Bertz CT molecular complexity index is 1270. The zero-order valence-electron chi connectivity index (χ0n) is 15.3. The number of nitrogens with one attached hydrogen (secondary N) is 1. The summed E-state index contributed by atoms with van der Waals surface area (Å²) in [7, 11) is -8.47. The molecule has 0 aliphatic carbocycles. The molecule has 3 heterocycles. The van der Waals surface area contributed by atoms with Gasteiger partial charge in [0, 0.05) is 11.6 Å². The lowest BCUT2D eigenvalue weighted by molar-refractivity contribution is -0.159. The van der Waals surface area contributed by atoms with Crippen LogP contribution in [0, 0.1) is 0 Å². The maximum atomic E-state index is 12.9. The first-order chi connectivity index (χ1) is 13.4. The SMILES string of the molecule is CC1(C)[C@H](C(=O)O)N2C(=O)[C@@H](NS(=O)(=O)c3cccc4cccnc34)[C@H]2S1(=O)=O. The van der Waals surface area contributed by atoms with Crippen LogP contribution in [0.4, 0.5) is 0 Å². The fourth-order valence-corrected chi connectivity index (χ4v) is 7.61. The van der Waals surface area contributed by atoms with E-state index in [0.717, 1.165) is 4.90 Å². The zero-order chi connectivity index (χ0) is 21.4. The Kier molecular flexibility index (Phi) is 4.06. The number of sulfone groups is 1. The molecule has 12 heteroatoms. The van der Waals surface area contributed by atoms with Crippen LogP contribution in [0.5, 0.6) is 0 Å². The Morgan fingerprint density at radius 2 is 1.90 bits per heavy atom. The molecule has 0 bridgehead atoms. The van der Waals surface area contributed by atoms with E-state index in [0.29, 0.717) is 5.39 Å². The maximum absolute atomic E-state index is 12.9. The molecule has 0 unspecified atom stereocenters. The number of sulfonamides is 1. The van der Waals surface area contributed by atoms with Gasteiger partial charge in [-0.1, -0.05) is 18.2 Å². The van der Waals surface area contributed by atoms with Gasteiger partial charge in [-0.25, -0.2) is 21.6 Å². The van der Waals surface area contributed by atoms with Gasteiger partial charge in [-0.05, 0) is 26.0 Å². The smallest absolute Gasteiger partial charge is 0.328 e. The van der Waals surface area contributed by atoms with Gasteiger partial charge >= 0.3 is 5.97 Å². The number of amides is 1. The number of rotatable bonds is 4. The number of hydrogen-bond acceptors (Lipinski definition) is 7. The van der Waals surface area contributed by atoms with E-state index in [1.54, 1.807) is 18.2 Å². The number of pyridine rings is 1. The molecule has 1 amide bonds.